The Morgan fingerprint density at radius 2 is 1.72 bits per heavy atom. The number of nitrogens with zero attached hydrogens (tertiary/aromatic N) is 1. The average molecular weight is 453 g/mol. The number of aliphatic imine (C=N–C) groups is 1. The molecule has 3 rings (SSSR count). The molecule has 0 spiro atoms. The largest absolute Gasteiger partial charge is 0.356 e. The smallest absolute Gasteiger partial charge is 0.191 e. The highest BCUT2D eigenvalue weighted by molar-refractivity contribution is 14.0. The van der Waals surface area contributed by atoms with Gasteiger partial charge in [0.15, 0.2) is 5.96 Å². The van der Waals surface area contributed by atoms with Gasteiger partial charge < -0.3 is 10.6 Å². The van der Waals surface area contributed by atoms with E-state index in [0.29, 0.717) is 0 Å². The van der Waals surface area contributed by atoms with Gasteiger partial charge in [0, 0.05) is 25.6 Å². The van der Waals surface area contributed by atoms with Crippen LogP contribution in [0.1, 0.15) is 24.0 Å². The fourth-order valence-electron chi connectivity index (χ4n) is 2.96. The van der Waals surface area contributed by atoms with E-state index in [1.165, 1.54) is 30.5 Å². The maximum atomic E-state index is 12.9. The van der Waals surface area contributed by atoms with Gasteiger partial charge in [0.1, 0.15) is 5.82 Å². The monoisotopic (exact) mass is 453 g/mol. The molecule has 0 heterocycles. The second kappa shape index (κ2) is 9.17. The summed E-state index contributed by atoms with van der Waals surface area (Å²) in [5, 5.41) is 6.77. The van der Waals surface area contributed by atoms with Crippen molar-refractivity contribution in [2.45, 2.75) is 24.7 Å². The SMILES string of the molecule is CN=C(NCCc1ccc(F)cc1)NCC1(c2ccccc2)CC1.I. The molecule has 134 valence electrons. The van der Waals surface area contributed by atoms with Crippen molar-refractivity contribution in [3.63, 3.8) is 0 Å². The summed E-state index contributed by atoms with van der Waals surface area (Å²) in [5.41, 5.74) is 2.78. The van der Waals surface area contributed by atoms with Crippen molar-refractivity contribution < 1.29 is 4.39 Å². The van der Waals surface area contributed by atoms with Crippen molar-refractivity contribution in [3.8, 4) is 0 Å². The fraction of sp³-hybridized carbons (Fsp3) is 0.350. The lowest BCUT2D eigenvalue weighted by Gasteiger charge is -2.19. The lowest BCUT2D eigenvalue weighted by molar-refractivity contribution is 0.626. The zero-order valence-electron chi connectivity index (χ0n) is 14.5. The maximum absolute atomic E-state index is 12.9. The van der Waals surface area contributed by atoms with E-state index in [9.17, 15) is 4.39 Å². The van der Waals surface area contributed by atoms with Crippen LogP contribution in [0.4, 0.5) is 4.39 Å². The number of rotatable bonds is 6. The molecular formula is C20H25FIN3. The van der Waals surface area contributed by atoms with Crippen LogP contribution in [0.3, 0.4) is 0 Å². The normalized spacial score (nSPS) is 15.2. The number of nitrogens with one attached hydrogen (secondary N) is 2. The summed E-state index contributed by atoms with van der Waals surface area (Å²) in [5.74, 6) is 0.624. The highest BCUT2D eigenvalue weighted by atomic mass is 127. The lowest BCUT2D eigenvalue weighted by Crippen LogP contribution is -2.41. The van der Waals surface area contributed by atoms with E-state index in [1.54, 1.807) is 7.05 Å². The van der Waals surface area contributed by atoms with Gasteiger partial charge in [-0.15, -0.1) is 24.0 Å². The third-order valence-electron chi connectivity index (χ3n) is 4.68. The van der Waals surface area contributed by atoms with Gasteiger partial charge in [0.2, 0.25) is 0 Å². The van der Waals surface area contributed by atoms with E-state index >= 15 is 0 Å². The second-order valence-corrected chi connectivity index (χ2v) is 6.38. The highest BCUT2D eigenvalue weighted by Crippen LogP contribution is 2.47. The quantitative estimate of drug-likeness (QED) is 0.396. The molecule has 0 bridgehead atoms. The van der Waals surface area contributed by atoms with Crippen LogP contribution in [0.15, 0.2) is 59.6 Å². The number of hydrogen-bond donors (Lipinski definition) is 2. The number of benzene rings is 2. The number of halogens is 2. The summed E-state index contributed by atoms with van der Waals surface area (Å²) < 4.78 is 12.9. The molecule has 0 radical (unpaired) electrons. The molecule has 1 aliphatic carbocycles. The van der Waals surface area contributed by atoms with Gasteiger partial charge in [-0.25, -0.2) is 4.39 Å². The van der Waals surface area contributed by atoms with Gasteiger partial charge >= 0.3 is 0 Å². The standard InChI is InChI=1S/C20H24FN3.HI/c1-22-19(23-14-11-16-7-9-18(21)10-8-16)24-15-20(12-13-20)17-5-3-2-4-6-17;/h2-10H,11-15H2,1H3,(H2,22,23,24);1H. The molecule has 0 aromatic heterocycles. The lowest BCUT2D eigenvalue weighted by atomic mass is 9.96. The van der Waals surface area contributed by atoms with Crippen LogP contribution in [0.25, 0.3) is 0 Å². The molecule has 2 aromatic rings. The summed E-state index contributed by atoms with van der Waals surface area (Å²) in [6.07, 6.45) is 3.28. The molecule has 25 heavy (non-hydrogen) atoms. The predicted molar refractivity (Wildman–Crippen MR) is 112 cm³/mol. The maximum Gasteiger partial charge on any atom is 0.191 e. The first kappa shape index (κ1) is 19.7. The van der Waals surface area contributed by atoms with E-state index < -0.39 is 0 Å². The minimum absolute atomic E-state index is 0. The van der Waals surface area contributed by atoms with Crippen molar-refractivity contribution >= 4 is 29.9 Å². The first-order valence-corrected chi connectivity index (χ1v) is 8.46. The molecule has 5 heteroatoms. The summed E-state index contributed by atoms with van der Waals surface area (Å²) in [7, 11) is 1.79. The Balaban J connectivity index is 0.00000225. The summed E-state index contributed by atoms with van der Waals surface area (Å²) in [6.45, 7) is 1.66. The van der Waals surface area contributed by atoms with Crippen molar-refractivity contribution in [1.82, 2.24) is 10.6 Å². The van der Waals surface area contributed by atoms with E-state index in [0.717, 1.165) is 31.0 Å². The topological polar surface area (TPSA) is 36.4 Å². The Labute approximate surface area is 166 Å². The van der Waals surface area contributed by atoms with E-state index in [4.69, 9.17) is 0 Å². The molecule has 0 unspecified atom stereocenters. The van der Waals surface area contributed by atoms with Crippen LogP contribution >= 0.6 is 24.0 Å². The van der Waals surface area contributed by atoms with Crippen LogP contribution in [0, 0.1) is 5.82 Å². The molecule has 0 saturated heterocycles. The van der Waals surface area contributed by atoms with Gasteiger partial charge in [0.05, 0.1) is 0 Å². The second-order valence-electron chi connectivity index (χ2n) is 6.38. The Morgan fingerprint density at radius 3 is 2.32 bits per heavy atom. The zero-order valence-corrected chi connectivity index (χ0v) is 16.8. The third kappa shape index (κ3) is 5.42. The summed E-state index contributed by atoms with van der Waals surface area (Å²) in [4.78, 5) is 4.29. The molecule has 0 aliphatic heterocycles. The Bertz CT molecular complexity index is 682. The summed E-state index contributed by atoms with van der Waals surface area (Å²) >= 11 is 0. The Kier molecular flexibility index (Phi) is 7.23. The van der Waals surface area contributed by atoms with Gasteiger partial charge in [-0.1, -0.05) is 42.5 Å². The zero-order chi connectivity index (χ0) is 16.8. The molecule has 1 saturated carbocycles. The first-order valence-electron chi connectivity index (χ1n) is 8.46. The van der Waals surface area contributed by atoms with Gasteiger partial charge in [-0.2, -0.15) is 0 Å². The van der Waals surface area contributed by atoms with Crippen molar-refractivity contribution in [2.24, 2.45) is 4.99 Å². The molecule has 0 amide bonds. The van der Waals surface area contributed by atoms with Crippen LogP contribution in [0.2, 0.25) is 0 Å². The minimum atomic E-state index is -0.195. The van der Waals surface area contributed by atoms with Gasteiger partial charge in [-0.05, 0) is 42.5 Å². The van der Waals surface area contributed by atoms with Gasteiger partial charge in [-0.3, -0.25) is 4.99 Å². The van der Waals surface area contributed by atoms with Crippen LogP contribution in [0.5, 0.6) is 0 Å². The number of hydrogen-bond acceptors (Lipinski definition) is 1. The highest BCUT2D eigenvalue weighted by Gasteiger charge is 2.43. The molecule has 3 nitrogen and oxygen atoms in total. The molecular weight excluding hydrogens is 428 g/mol. The van der Waals surface area contributed by atoms with Crippen LogP contribution in [-0.2, 0) is 11.8 Å². The van der Waals surface area contributed by atoms with Gasteiger partial charge in [0.25, 0.3) is 0 Å². The number of guanidine groups is 1. The third-order valence-corrected chi connectivity index (χ3v) is 4.68. The van der Waals surface area contributed by atoms with E-state index in [2.05, 4.69) is 46.0 Å². The predicted octanol–water partition coefficient (Wildman–Crippen LogP) is 3.88. The first-order chi connectivity index (χ1) is 11.7. The van der Waals surface area contributed by atoms with Crippen LogP contribution < -0.4 is 10.6 Å². The molecule has 1 fully saturated rings. The van der Waals surface area contributed by atoms with Crippen molar-refractivity contribution in [2.75, 3.05) is 20.1 Å². The van der Waals surface area contributed by atoms with E-state index in [1.807, 2.05) is 12.1 Å². The van der Waals surface area contributed by atoms with Crippen molar-refractivity contribution in [3.05, 3.63) is 71.5 Å². The van der Waals surface area contributed by atoms with Crippen LogP contribution in [-0.4, -0.2) is 26.1 Å². The molecule has 1 aliphatic rings. The summed E-state index contributed by atoms with van der Waals surface area (Å²) in [6, 6.07) is 17.3. The molecule has 2 aromatic carbocycles. The molecule has 2 N–H and O–H groups in total. The Morgan fingerprint density at radius 1 is 1.04 bits per heavy atom. The Hall–Kier alpha value is -1.63. The minimum Gasteiger partial charge on any atom is -0.356 e. The molecule has 0 atom stereocenters. The fourth-order valence-corrected chi connectivity index (χ4v) is 2.96. The van der Waals surface area contributed by atoms with E-state index in [-0.39, 0.29) is 35.2 Å². The average Bonchev–Trinajstić information content (AvgIpc) is 3.41. The van der Waals surface area contributed by atoms with Crippen molar-refractivity contribution in [1.29, 1.82) is 0 Å².